The van der Waals surface area contributed by atoms with Crippen LogP contribution in [0.2, 0.25) is 0 Å². The van der Waals surface area contributed by atoms with Gasteiger partial charge in [0.1, 0.15) is 11.6 Å². The highest BCUT2D eigenvalue weighted by Crippen LogP contribution is 2.28. The number of piperidine rings is 1. The summed E-state index contributed by atoms with van der Waals surface area (Å²) >= 11 is 5.34. The van der Waals surface area contributed by atoms with Crippen molar-refractivity contribution in [3.63, 3.8) is 0 Å². The van der Waals surface area contributed by atoms with Crippen LogP contribution < -0.4 is 20.3 Å². The Bertz CT molecular complexity index is 755. The lowest BCUT2D eigenvalue weighted by molar-refractivity contribution is 0.457. The molecule has 0 amide bonds. The molecule has 0 bridgehead atoms. The first-order chi connectivity index (χ1) is 13.2. The van der Waals surface area contributed by atoms with Crippen molar-refractivity contribution in [3.05, 3.63) is 36.4 Å². The minimum absolute atomic E-state index is 0.441. The first kappa shape index (κ1) is 19.4. The molecule has 3 rings (SSSR count). The van der Waals surface area contributed by atoms with Crippen molar-refractivity contribution in [2.24, 2.45) is 0 Å². The van der Waals surface area contributed by atoms with Gasteiger partial charge in [0.15, 0.2) is 5.11 Å². The van der Waals surface area contributed by atoms with E-state index < -0.39 is 0 Å². The van der Waals surface area contributed by atoms with Crippen LogP contribution in [0, 0.1) is 0 Å². The van der Waals surface area contributed by atoms with Crippen molar-refractivity contribution < 1.29 is 4.74 Å². The predicted molar refractivity (Wildman–Crippen MR) is 114 cm³/mol. The topological polar surface area (TPSA) is 62.3 Å². The van der Waals surface area contributed by atoms with Gasteiger partial charge < -0.3 is 20.3 Å². The number of hydrogen-bond acceptors (Lipinski definition) is 5. The summed E-state index contributed by atoms with van der Waals surface area (Å²) in [6, 6.07) is 12.0. The molecule has 1 atom stereocenters. The van der Waals surface area contributed by atoms with Crippen LogP contribution in [0.25, 0.3) is 0 Å². The highest BCUT2D eigenvalue weighted by atomic mass is 32.1. The Morgan fingerprint density at radius 1 is 1.26 bits per heavy atom. The van der Waals surface area contributed by atoms with Crippen LogP contribution in [-0.4, -0.2) is 34.2 Å². The molecule has 2 aromatic rings. The average Bonchev–Trinajstić information content (AvgIpc) is 2.67. The second-order valence-electron chi connectivity index (χ2n) is 6.72. The summed E-state index contributed by atoms with van der Waals surface area (Å²) < 4.78 is 5.97. The van der Waals surface area contributed by atoms with Crippen LogP contribution in [-0.2, 0) is 0 Å². The molecule has 27 heavy (non-hydrogen) atoms. The molecule has 0 saturated carbocycles. The van der Waals surface area contributed by atoms with Gasteiger partial charge in [-0.15, -0.1) is 0 Å². The smallest absolute Gasteiger partial charge is 0.234 e. The Hall–Kier alpha value is -2.41. The van der Waals surface area contributed by atoms with Gasteiger partial charge in [0.05, 0.1) is 0 Å². The minimum atomic E-state index is 0.441. The molecule has 1 aliphatic heterocycles. The molecule has 144 valence electrons. The molecular weight excluding hydrogens is 358 g/mol. The minimum Gasteiger partial charge on any atom is -0.439 e. The molecule has 1 aromatic heterocycles. The Labute approximate surface area is 166 Å². The number of anilines is 2. The molecular formula is C20H27N5OS. The van der Waals surface area contributed by atoms with E-state index in [4.69, 9.17) is 21.9 Å². The number of nitrogens with one attached hydrogen (secondary N) is 2. The summed E-state index contributed by atoms with van der Waals surface area (Å²) in [4.78, 5) is 11.5. The Morgan fingerprint density at radius 2 is 2.07 bits per heavy atom. The Morgan fingerprint density at radius 3 is 2.81 bits per heavy atom. The molecule has 0 aliphatic carbocycles. The number of aromatic nitrogens is 2. The summed E-state index contributed by atoms with van der Waals surface area (Å²) in [5, 5.41) is 6.75. The third-order valence-electron chi connectivity index (χ3n) is 4.51. The third-order valence-corrected chi connectivity index (χ3v) is 4.76. The molecule has 6 nitrogen and oxygen atoms in total. The number of hydrogen-bond donors (Lipinski definition) is 2. The normalized spacial score (nSPS) is 16.7. The van der Waals surface area contributed by atoms with E-state index in [1.165, 1.54) is 12.8 Å². The quantitative estimate of drug-likeness (QED) is 0.717. The summed E-state index contributed by atoms with van der Waals surface area (Å²) in [6.45, 7) is 6.12. The maximum absolute atomic E-state index is 5.97. The van der Waals surface area contributed by atoms with Crippen LogP contribution >= 0.6 is 12.2 Å². The monoisotopic (exact) mass is 385 g/mol. The standard InChI is InChI=1S/C20H27N5OS/c1-3-12-21-20(27)24-19-22-17(25-13-8-7-9-15(25)2)14-18(23-19)26-16-10-5-4-6-11-16/h4-6,10-11,14-15H,3,7-9,12-13H2,1-2H3,(H2,21,22,23,24,27). The van der Waals surface area contributed by atoms with Crippen molar-refractivity contribution in [1.29, 1.82) is 0 Å². The molecule has 0 spiro atoms. The van der Waals surface area contributed by atoms with E-state index in [2.05, 4.69) is 34.4 Å². The highest BCUT2D eigenvalue weighted by molar-refractivity contribution is 7.80. The lowest BCUT2D eigenvalue weighted by Gasteiger charge is -2.34. The van der Waals surface area contributed by atoms with E-state index in [-0.39, 0.29) is 0 Å². The lowest BCUT2D eigenvalue weighted by atomic mass is 10.0. The van der Waals surface area contributed by atoms with Gasteiger partial charge in [-0.2, -0.15) is 9.97 Å². The van der Waals surface area contributed by atoms with E-state index in [0.29, 0.717) is 23.0 Å². The maximum Gasteiger partial charge on any atom is 0.234 e. The van der Waals surface area contributed by atoms with Gasteiger partial charge in [-0.05, 0) is 57.0 Å². The third kappa shape index (κ3) is 5.53. The summed E-state index contributed by atoms with van der Waals surface area (Å²) in [5.74, 6) is 2.56. The summed E-state index contributed by atoms with van der Waals surface area (Å²) in [6.07, 6.45) is 4.59. The van der Waals surface area contributed by atoms with Crippen LogP contribution in [0.15, 0.2) is 36.4 Å². The van der Waals surface area contributed by atoms with Crippen LogP contribution in [0.3, 0.4) is 0 Å². The zero-order valence-corrected chi connectivity index (χ0v) is 16.8. The van der Waals surface area contributed by atoms with Gasteiger partial charge in [0.2, 0.25) is 11.8 Å². The molecule has 0 radical (unpaired) electrons. The zero-order chi connectivity index (χ0) is 19.1. The lowest BCUT2D eigenvalue weighted by Crippen LogP contribution is -2.38. The number of nitrogens with zero attached hydrogens (tertiary/aromatic N) is 3. The Balaban J connectivity index is 1.85. The second kappa shape index (κ2) is 9.50. The summed E-state index contributed by atoms with van der Waals surface area (Å²) in [5.41, 5.74) is 0. The molecule has 1 aliphatic rings. The molecule has 2 heterocycles. The van der Waals surface area contributed by atoms with E-state index in [9.17, 15) is 0 Å². The van der Waals surface area contributed by atoms with Crippen LogP contribution in [0.1, 0.15) is 39.5 Å². The first-order valence-corrected chi connectivity index (χ1v) is 10.00. The molecule has 1 aromatic carbocycles. The fraction of sp³-hybridized carbons (Fsp3) is 0.450. The van der Waals surface area contributed by atoms with Gasteiger partial charge in [0, 0.05) is 25.2 Å². The predicted octanol–water partition coefficient (Wildman–Crippen LogP) is 4.34. The molecule has 1 fully saturated rings. The van der Waals surface area contributed by atoms with Crippen LogP contribution in [0.5, 0.6) is 11.6 Å². The number of ether oxygens (including phenoxy) is 1. The SMILES string of the molecule is CCCNC(=S)Nc1nc(Oc2ccccc2)cc(N2CCCCC2C)n1. The molecule has 2 N–H and O–H groups in total. The zero-order valence-electron chi connectivity index (χ0n) is 15.9. The largest absolute Gasteiger partial charge is 0.439 e. The van der Waals surface area contributed by atoms with Gasteiger partial charge in [-0.25, -0.2) is 0 Å². The number of para-hydroxylation sites is 1. The Kier molecular flexibility index (Phi) is 6.81. The number of rotatable bonds is 6. The van der Waals surface area contributed by atoms with E-state index in [0.717, 1.165) is 37.5 Å². The van der Waals surface area contributed by atoms with Gasteiger partial charge in [-0.1, -0.05) is 25.1 Å². The number of thiocarbonyl (C=S) groups is 1. The molecule has 7 heteroatoms. The average molecular weight is 386 g/mol. The molecule has 1 unspecified atom stereocenters. The van der Waals surface area contributed by atoms with Crippen molar-refractivity contribution in [3.8, 4) is 11.6 Å². The fourth-order valence-corrected chi connectivity index (χ4v) is 3.29. The first-order valence-electron chi connectivity index (χ1n) is 9.59. The van der Waals surface area contributed by atoms with E-state index in [1.54, 1.807) is 0 Å². The van der Waals surface area contributed by atoms with Crippen molar-refractivity contribution >= 4 is 29.1 Å². The summed E-state index contributed by atoms with van der Waals surface area (Å²) in [7, 11) is 0. The van der Waals surface area contributed by atoms with Gasteiger partial charge in [-0.3, -0.25) is 0 Å². The van der Waals surface area contributed by atoms with Gasteiger partial charge in [0.25, 0.3) is 0 Å². The van der Waals surface area contributed by atoms with Crippen molar-refractivity contribution in [1.82, 2.24) is 15.3 Å². The van der Waals surface area contributed by atoms with Crippen molar-refractivity contribution in [2.75, 3.05) is 23.3 Å². The van der Waals surface area contributed by atoms with Gasteiger partial charge >= 0.3 is 0 Å². The van der Waals surface area contributed by atoms with Crippen molar-refractivity contribution in [2.45, 2.75) is 45.6 Å². The fourth-order valence-electron chi connectivity index (χ4n) is 3.10. The highest BCUT2D eigenvalue weighted by Gasteiger charge is 2.21. The second-order valence-corrected chi connectivity index (χ2v) is 7.13. The maximum atomic E-state index is 5.97. The molecule has 1 saturated heterocycles. The number of benzene rings is 1. The van der Waals surface area contributed by atoms with Crippen LogP contribution in [0.4, 0.5) is 11.8 Å². The van der Waals surface area contributed by atoms with E-state index in [1.807, 2.05) is 36.4 Å². The van der Waals surface area contributed by atoms with E-state index >= 15 is 0 Å².